The van der Waals surface area contributed by atoms with Gasteiger partial charge in [0.2, 0.25) is 5.91 Å². The molecule has 0 spiro atoms. The maximum Gasteiger partial charge on any atom is 0.234 e. The van der Waals surface area contributed by atoms with Gasteiger partial charge in [-0.2, -0.15) is 0 Å². The van der Waals surface area contributed by atoms with E-state index in [1.807, 2.05) is 54.3 Å². The van der Waals surface area contributed by atoms with Gasteiger partial charge >= 0.3 is 0 Å². The van der Waals surface area contributed by atoms with E-state index in [0.29, 0.717) is 6.54 Å². The first-order valence-corrected chi connectivity index (χ1v) is 7.93. The number of likely N-dealkylation sites (N-methyl/N-ethyl adjacent to an activating group) is 1. The van der Waals surface area contributed by atoms with Crippen LogP contribution in [0.3, 0.4) is 0 Å². The highest BCUT2D eigenvalue weighted by Gasteiger charge is 2.35. The van der Waals surface area contributed by atoms with Gasteiger partial charge in [0.25, 0.3) is 0 Å². The Morgan fingerprint density at radius 1 is 1.09 bits per heavy atom. The molecule has 1 aliphatic rings. The maximum atomic E-state index is 12.5. The van der Waals surface area contributed by atoms with Gasteiger partial charge in [-0.05, 0) is 36.1 Å². The molecule has 2 aromatic rings. The second-order valence-corrected chi connectivity index (χ2v) is 5.75. The molecule has 0 aromatic heterocycles. The van der Waals surface area contributed by atoms with Gasteiger partial charge in [0.15, 0.2) is 0 Å². The van der Waals surface area contributed by atoms with Crippen LogP contribution in [0, 0.1) is 0 Å². The highest BCUT2D eigenvalue weighted by molar-refractivity contribution is 6.04. The summed E-state index contributed by atoms with van der Waals surface area (Å²) in [5.41, 5.74) is 10.7. The van der Waals surface area contributed by atoms with E-state index in [-0.39, 0.29) is 17.9 Å². The van der Waals surface area contributed by atoms with Crippen molar-refractivity contribution in [3.8, 4) is 0 Å². The van der Waals surface area contributed by atoms with Crippen molar-refractivity contribution in [3.63, 3.8) is 0 Å². The number of anilines is 1. The summed E-state index contributed by atoms with van der Waals surface area (Å²) in [5.74, 6) is 0.184. The van der Waals surface area contributed by atoms with Crippen LogP contribution in [0.4, 0.5) is 5.69 Å². The fourth-order valence-corrected chi connectivity index (χ4v) is 3.30. The summed E-state index contributed by atoms with van der Waals surface area (Å²) in [4.78, 5) is 14.3. The normalized spacial score (nSPS) is 18.4. The molecular formula is C19H22N2O. The Morgan fingerprint density at radius 2 is 1.82 bits per heavy atom. The van der Waals surface area contributed by atoms with Gasteiger partial charge in [-0.15, -0.1) is 0 Å². The van der Waals surface area contributed by atoms with Crippen LogP contribution in [-0.4, -0.2) is 12.5 Å². The van der Waals surface area contributed by atoms with Crippen molar-refractivity contribution >= 4 is 11.6 Å². The summed E-state index contributed by atoms with van der Waals surface area (Å²) in [6.07, 6.45) is 0.826. The molecule has 22 heavy (non-hydrogen) atoms. The van der Waals surface area contributed by atoms with Crippen molar-refractivity contribution < 1.29 is 4.79 Å². The largest absolute Gasteiger partial charge is 0.320 e. The summed E-state index contributed by atoms with van der Waals surface area (Å²) in [6, 6.07) is 16.1. The van der Waals surface area contributed by atoms with Gasteiger partial charge in [-0.3, -0.25) is 4.79 Å². The Kier molecular flexibility index (Phi) is 3.99. The second-order valence-electron chi connectivity index (χ2n) is 5.75. The van der Waals surface area contributed by atoms with E-state index in [1.165, 1.54) is 0 Å². The molecule has 3 rings (SSSR count). The van der Waals surface area contributed by atoms with Gasteiger partial charge in [-0.25, -0.2) is 0 Å². The van der Waals surface area contributed by atoms with Crippen molar-refractivity contribution in [1.29, 1.82) is 0 Å². The third-order valence-electron chi connectivity index (χ3n) is 4.52. The third kappa shape index (κ3) is 2.32. The molecule has 1 heterocycles. The van der Waals surface area contributed by atoms with Crippen LogP contribution in [0.15, 0.2) is 48.5 Å². The molecule has 1 amide bonds. The first-order chi connectivity index (χ1) is 10.7. The zero-order valence-electron chi connectivity index (χ0n) is 13.1. The Hall–Kier alpha value is -2.13. The molecule has 0 bridgehead atoms. The number of nitrogens with zero attached hydrogens (tertiary/aromatic N) is 1. The van der Waals surface area contributed by atoms with Crippen molar-refractivity contribution in [2.24, 2.45) is 5.73 Å². The number of carbonyl (C=O) groups excluding carboxylic acids is 1. The molecule has 0 fully saturated rings. The van der Waals surface area contributed by atoms with Gasteiger partial charge in [0.1, 0.15) is 0 Å². The fourth-order valence-electron chi connectivity index (χ4n) is 3.30. The molecule has 0 aliphatic carbocycles. The molecule has 2 atom stereocenters. The molecule has 2 N–H and O–H groups in total. The molecule has 114 valence electrons. The summed E-state index contributed by atoms with van der Waals surface area (Å²) in [7, 11) is 0. The lowest BCUT2D eigenvalue weighted by molar-refractivity contribution is -0.119. The number of hydrogen-bond acceptors (Lipinski definition) is 2. The highest BCUT2D eigenvalue weighted by atomic mass is 16.2. The number of rotatable bonds is 4. The Bertz CT molecular complexity index is 681. The third-order valence-corrected chi connectivity index (χ3v) is 4.52. The van der Waals surface area contributed by atoms with Gasteiger partial charge in [-0.1, -0.05) is 49.4 Å². The molecular weight excluding hydrogens is 272 g/mol. The Labute approximate surface area is 131 Å². The fraction of sp³-hybridized carbons (Fsp3) is 0.316. The minimum absolute atomic E-state index is 0.0297. The average molecular weight is 294 g/mol. The van der Waals surface area contributed by atoms with Gasteiger partial charge in [0, 0.05) is 12.2 Å². The summed E-state index contributed by atoms with van der Waals surface area (Å²) < 4.78 is 0. The van der Waals surface area contributed by atoms with Crippen LogP contribution in [-0.2, 0) is 4.79 Å². The van der Waals surface area contributed by atoms with E-state index in [2.05, 4.69) is 13.0 Å². The number of amides is 1. The molecule has 2 unspecified atom stereocenters. The predicted molar refractivity (Wildman–Crippen MR) is 90.0 cm³/mol. The number of hydrogen-bond donors (Lipinski definition) is 1. The number of benzene rings is 2. The quantitative estimate of drug-likeness (QED) is 0.936. The van der Waals surface area contributed by atoms with E-state index in [0.717, 1.165) is 28.8 Å². The van der Waals surface area contributed by atoms with E-state index < -0.39 is 0 Å². The van der Waals surface area contributed by atoms with Crippen LogP contribution >= 0.6 is 0 Å². The number of fused-ring (bicyclic) bond motifs is 1. The Morgan fingerprint density at radius 3 is 2.45 bits per heavy atom. The molecule has 3 nitrogen and oxygen atoms in total. The summed E-state index contributed by atoms with van der Waals surface area (Å²) in [5, 5.41) is 0. The lowest BCUT2D eigenvalue weighted by atomic mass is 9.92. The molecule has 0 saturated carbocycles. The van der Waals surface area contributed by atoms with Crippen molar-refractivity contribution in [3.05, 3.63) is 65.2 Å². The SMILES string of the molecule is CCC1C(=O)N(CC)c2ccc(C(N)c3ccccc3)cc21. The lowest BCUT2D eigenvalue weighted by Gasteiger charge is -2.17. The zero-order chi connectivity index (χ0) is 15.7. The Balaban J connectivity index is 2.01. The standard InChI is InChI=1S/C19H22N2O/c1-3-15-16-12-14(18(20)13-8-6-5-7-9-13)10-11-17(16)21(4-2)19(15)22/h5-12,15,18H,3-4,20H2,1-2H3. The smallest absolute Gasteiger partial charge is 0.234 e. The van der Waals surface area contributed by atoms with Gasteiger partial charge in [0.05, 0.1) is 12.0 Å². The minimum Gasteiger partial charge on any atom is -0.320 e. The zero-order valence-corrected chi connectivity index (χ0v) is 13.1. The molecule has 2 aromatic carbocycles. The van der Waals surface area contributed by atoms with Crippen LogP contribution in [0.25, 0.3) is 0 Å². The van der Waals surface area contributed by atoms with Crippen molar-refractivity contribution in [2.45, 2.75) is 32.2 Å². The predicted octanol–water partition coefficient (Wildman–Crippen LogP) is 3.59. The van der Waals surface area contributed by atoms with Crippen molar-refractivity contribution in [2.75, 3.05) is 11.4 Å². The first kappa shape index (κ1) is 14.8. The van der Waals surface area contributed by atoms with Crippen molar-refractivity contribution in [1.82, 2.24) is 0 Å². The monoisotopic (exact) mass is 294 g/mol. The van der Waals surface area contributed by atoms with E-state index >= 15 is 0 Å². The first-order valence-electron chi connectivity index (χ1n) is 7.93. The summed E-state index contributed by atoms with van der Waals surface area (Å²) in [6.45, 7) is 4.80. The number of carbonyl (C=O) groups is 1. The van der Waals surface area contributed by atoms with Crippen LogP contribution in [0.1, 0.15) is 48.9 Å². The lowest BCUT2D eigenvalue weighted by Crippen LogP contribution is -2.28. The van der Waals surface area contributed by atoms with E-state index in [1.54, 1.807) is 0 Å². The minimum atomic E-state index is -0.158. The van der Waals surface area contributed by atoms with Gasteiger partial charge < -0.3 is 10.6 Å². The second kappa shape index (κ2) is 5.93. The van der Waals surface area contributed by atoms with Crippen LogP contribution in [0.5, 0.6) is 0 Å². The topological polar surface area (TPSA) is 46.3 Å². The summed E-state index contributed by atoms with van der Waals surface area (Å²) >= 11 is 0. The molecule has 1 aliphatic heterocycles. The number of nitrogens with two attached hydrogens (primary N) is 1. The maximum absolute atomic E-state index is 12.5. The molecule has 0 radical (unpaired) electrons. The van der Waals surface area contributed by atoms with E-state index in [4.69, 9.17) is 5.73 Å². The van der Waals surface area contributed by atoms with Crippen LogP contribution < -0.4 is 10.6 Å². The molecule has 3 heteroatoms. The van der Waals surface area contributed by atoms with E-state index in [9.17, 15) is 4.79 Å². The van der Waals surface area contributed by atoms with Crippen LogP contribution in [0.2, 0.25) is 0 Å². The highest BCUT2D eigenvalue weighted by Crippen LogP contribution is 2.40. The average Bonchev–Trinajstić information content (AvgIpc) is 2.84. The molecule has 0 saturated heterocycles.